The summed E-state index contributed by atoms with van der Waals surface area (Å²) >= 11 is 9.45. The second kappa shape index (κ2) is 8.23. The van der Waals surface area contributed by atoms with Crippen LogP contribution >= 0.6 is 27.5 Å². The molecule has 1 heterocycles. The Bertz CT molecular complexity index is 1110. The number of ether oxygens (including phenoxy) is 1. The minimum atomic E-state index is -0.193. The number of hydrogen-bond acceptors (Lipinski definition) is 3. The molecule has 3 aromatic rings. The summed E-state index contributed by atoms with van der Waals surface area (Å²) in [5.41, 5.74) is 2.78. The first kappa shape index (κ1) is 19.4. The van der Waals surface area contributed by atoms with Gasteiger partial charge in [-0.05, 0) is 72.3 Å². The quantitative estimate of drug-likeness (QED) is 0.445. The van der Waals surface area contributed by atoms with Crippen molar-refractivity contribution in [2.45, 2.75) is 0 Å². The summed E-state index contributed by atoms with van der Waals surface area (Å²) < 4.78 is 6.21. The highest BCUT2D eigenvalue weighted by Crippen LogP contribution is 2.29. The van der Waals surface area contributed by atoms with Crippen molar-refractivity contribution >= 4 is 51.0 Å². The standard InChI is InChI=1S/C23H16BrClN2O2/c1-29-20-12-4-16(5-13-20)22-26-21(14-15-2-6-17(24)7-3-15)23(28)27(22)19-10-8-18(25)9-11-19/h2-14H,1H3/b21-14+. The predicted molar refractivity (Wildman–Crippen MR) is 121 cm³/mol. The van der Waals surface area contributed by atoms with Gasteiger partial charge in [-0.3, -0.25) is 9.69 Å². The monoisotopic (exact) mass is 466 g/mol. The first-order valence-electron chi connectivity index (χ1n) is 8.85. The Kier molecular flexibility index (Phi) is 5.51. The van der Waals surface area contributed by atoms with E-state index in [1.54, 1.807) is 30.2 Å². The highest BCUT2D eigenvalue weighted by Gasteiger charge is 2.32. The number of benzene rings is 3. The van der Waals surface area contributed by atoms with Gasteiger partial charge in [-0.25, -0.2) is 4.99 Å². The molecule has 0 saturated heterocycles. The Morgan fingerprint density at radius 2 is 1.62 bits per heavy atom. The summed E-state index contributed by atoms with van der Waals surface area (Å²) in [7, 11) is 1.62. The number of amides is 1. The maximum atomic E-state index is 13.2. The Labute approximate surface area is 182 Å². The zero-order chi connectivity index (χ0) is 20.4. The fraction of sp³-hybridized carbons (Fsp3) is 0.0435. The fourth-order valence-corrected chi connectivity index (χ4v) is 3.39. The number of carbonyl (C=O) groups is 1. The Morgan fingerprint density at radius 1 is 0.966 bits per heavy atom. The van der Waals surface area contributed by atoms with E-state index in [1.165, 1.54) is 0 Å². The molecule has 1 amide bonds. The maximum absolute atomic E-state index is 13.2. The molecular formula is C23H16BrClN2O2. The van der Waals surface area contributed by atoms with Gasteiger partial charge in [0.25, 0.3) is 5.91 Å². The number of hydrogen-bond donors (Lipinski definition) is 0. The van der Waals surface area contributed by atoms with Gasteiger partial charge < -0.3 is 4.74 Å². The Morgan fingerprint density at radius 3 is 2.24 bits per heavy atom. The van der Waals surface area contributed by atoms with E-state index in [1.807, 2.05) is 60.7 Å². The first-order chi connectivity index (χ1) is 14.0. The first-order valence-corrected chi connectivity index (χ1v) is 10.0. The summed E-state index contributed by atoms with van der Waals surface area (Å²) in [6, 6.07) is 22.3. The minimum absolute atomic E-state index is 0.193. The zero-order valence-electron chi connectivity index (χ0n) is 15.5. The molecule has 0 saturated carbocycles. The number of rotatable bonds is 4. The van der Waals surface area contributed by atoms with Gasteiger partial charge in [-0.2, -0.15) is 0 Å². The molecule has 4 nitrogen and oxygen atoms in total. The van der Waals surface area contributed by atoms with E-state index >= 15 is 0 Å². The van der Waals surface area contributed by atoms with Gasteiger partial charge in [0, 0.05) is 15.1 Å². The van der Waals surface area contributed by atoms with Crippen LogP contribution < -0.4 is 9.64 Å². The molecule has 0 radical (unpaired) electrons. The zero-order valence-corrected chi connectivity index (χ0v) is 17.8. The minimum Gasteiger partial charge on any atom is -0.497 e. The number of anilines is 1. The Hall–Kier alpha value is -2.89. The maximum Gasteiger partial charge on any atom is 0.282 e. The highest BCUT2D eigenvalue weighted by atomic mass is 79.9. The van der Waals surface area contributed by atoms with Gasteiger partial charge in [0.05, 0.1) is 12.8 Å². The van der Waals surface area contributed by atoms with Gasteiger partial charge >= 0.3 is 0 Å². The third-order valence-electron chi connectivity index (χ3n) is 4.47. The summed E-state index contributed by atoms with van der Waals surface area (Å²) in [6.07, 6.45) is 1.79. The topological polar surface area (TPSA) is 41.9 Å². The van der Waals surface area contributed by atoms with E-state index in [-0.39, 0.29) is 5.91 Å². The smallest absolute Gasteiger partial charge is 0.282 e. The third-order valence-corrected chi connectivity index (χ3v) is 5.25. The molecule has 3 aromatic carbocycles. The summed E-state index contributed by atoms with van der Waals surface area (Å²) in [5, 5.41) is 0.606. The van der Waals surface area contributed by atoms with Crippen molar-refractivity contribution in [3.8, 4) is 5.75 Å². The number of carbonyl (C=O) groups excluding carboxylic acids is 1. The van der Waals surface area contributed by atoms with Crippen LogP contribution in [-0.2, 0) is 4.79 Å². The molecule has 144 valence electrons. The lowest BCUT2D eigenvalue weighted by atomic mass is 10.1. The molecule has 6 heteroatoms. The second-order valence-corrected chi connectivity index (χ2v) is 7.71. The van der Waals surface area contributed by atoms with Gasteiger partial charge in [-0.1, -0.05) is 39.7 Å². The molecule has 0 aliphatic carbocycles. The molecule has 29 heavy (non-hydrogen) atoms. The largest absolute Gasteiger partial charge is 0.497 e. The SMILES string of the molecule is COc1ccc(C2=N/C(=C/c3ccc(Br)cc3)C(=O)N2c2ccc(Cl)cc2)cc1. The third kappa shape index (κ3) is 4.11. The second-order valence-electron chi connectivity index (χ2n) is 6.36. The highest BCUT2D eigenvalue weighted by molar-refractivity contribution is 9.10. The molecule has 0 atom stereocenters. The van der Waals surface area contributed by atoms with Crippen molar-refractivity contribution in [2.24, 2.45) is 4.99 Å². The lowest BCUT2D eigenvalue weighted by Crippen LogP contribution is -2.32. The summed E-state index contributed by atoms with van der Waals surface area (Å²) in [4.78, 5) is 19.5. The molecule has 0 N–H and O–H groups in total. The summed E-state index contributed by atoms with van der Waals surface area (Å²) in [6.45, 7) is 0. The normalized spacial score (nSPS) is 15.0. The fourth-order valence-electron chi connectivity index (χ4n) is 3.00. The van der Waals surface area contributed by atoms with Gasteiger partial charge in [0.2, 0.25) is 0 Å². The molecule has 0 aromatic heterocycles. The number of aliphatic imine (C=N–C) groups is 1. The van der Waals surface area contributed by atoms with E-state index in [4.69, 9.17) is 16.3 Å². The van der Waals surface area contributed by atoms with Crippen LogP contribution in [0.4, 0.5) is 5.69 Å². The average molecular weight is 468 g/mol. The van der Waals surface area contributed by atoms with Crippen LogP contribution in [0.5, 0.6) is 5.75 Å². The van der Waals surface area contributed by atoms with Gasteiger partial charge in [0.1, 0.15) is 17.3 Å². The summed E-state index contributed by atoms with van der Waals surface area (Å²) in [5.74, 6) is 1.10. The van der Waals surface area contributed by atoms with Crippen molar-refractivity contribution in [3.63, 3.8) is 0 Å². The van der Waals surface area contributed by atoms with Crippen molar-refractivity contribution in [3.05, 3.63) is 99.1 Å². The number of nitrogens with zero attached hydrogens (tertiary/aromatic N) is 2. The predicted octanol–water partition coefficient (Wildman–Crippen LogP) is 5.95. The lowest BCUT2D eigenvalue weighted by molar-refractivity contribution is -0.113. The van der Waals surface area contributed by atoms with E-state index in [0.29, 0.717) is 22.2 Å². The number of methoxy groups -OCH3 is 1. The van der Waals surface area contributed by atoms with Crippen molar-refractivity contribution in [2.75, 3.05) is 12.0 Å². The molecule has 0 bridgehead atoms. The molecule has 1 aliphatic heterocycles. The van der Waals surface area contributed by atoms with E-state index in [0.717, 1.165) is 21.3 Å². The van der Waals surface area contributed by atoms with Crippen LogP contribution in [0.3, 0.4) is 0 Å². The van der Waals surface area contributed by atoms with E-state index < -0.39 is 0 Å². The molecule has 0 unspecified atom stereocenters. The van der Waals surface area contributed by atoms with Gasteiger partial charge in [0.15, 0.2) is 0 Å². The number of amidine groups is 1. The molecule has 1 aliphatic rings. The molecule has 0 fully saturated rings. The Balaban J connectivity index is 1.79. The van der Waals surface area contributed by atoms with Crippen LogP contribution in [0.2, 0.25) is 5.02 Å². The lowest BCUT2D eigenvalue weighted by Gasteiger charge is -2.18. The number of halogens is 2. The molecular weight excluding hydrogens is 452 g/mol. The van der Waals surface area contributed by atoms with Crippen LogP contribution in [0.25, 0.3) is 6.08 Å². The average Bonchev–Trinajstić information content (AvgIpc) is 3.06. The van der Waals surface area contributed by atoms with Gasteiger partial charge in [-0.15, -0.1) is 0 Å². The van der Waals surface area contributed by atoms with E-state index in [9.17, 15) is 4.79 Å². The van der Waals surface area contributed by atoms with Crippen LogP contribution in [0.15, 0.2) is 88.0 Å². The molecule has 4 rings (SSSR count). The van der Waals surface area contributed by atoms with Crippen LogP contribution in [0, 0.1) is 0 Å². The van der Waals surface area contributed by atoms with Crippen molar-refractivity contribution in [1.82, 2.24) is 0 Å². The van der Waals surface area contributed by atoms with Crippen molar-refractivity contribution < 1.29 is 9.53 Å². The van der Waals surface area contributed by atoms with Crippen LogP contribution in [0.1, 0.15) is 11.1 Å². The van der Waals surface area contributed by atoms with Crippen LogP contribution in [-0.4, -0.2) is 18.9 Å². The molecule has 0 spiro atoms. The van der Waals surface area contributed by atoms with E-state index in [2.05, 4.69) is 20.9 Å². The van der Waals surface area contributed by atoms with Crippen molar-refractivity contribution in [1.29, 1.82) is 0 Å².